The largest absolute Gasteiger partial charge is 0.396 e. The van der Waals surface area contributed by atoms with Crippen LogP contribution in [0.5, 0.6) is 0 Å². The molecule has 0 aromatic heterocycles. The van der Waals surface area contributed by atoms with Crippen LogP contribution in [0.2, 0.25) is 0 Å². The zero-order chi connectivity index (χ0) is 13.8. The van der Waals surface area contributed by atoms with Crippen molar-refractivity contribution < 1.29 is 18.3 Å². The minimum absolute atomic E-state index is 0.0223. The van der Waals surface area contributed by atoms with Gasteiger partial charge in [-0.25, -0.2) is 8.42 Å². The monoisotopic (exact) mass is 270 g/mol. The van der Waals surface area contributed by atoms with E-state index in [1.54, 1.807) is 13.8 Å². The van der Waals surface area contributed by atoms with Gasteiger partial charge in [0.05, 0.1) is 10.1 Å². The third-order valence-electron chi connectivity index (χ3n) is 2.69. The van der Waals surface area contributed by atoms with Crippen molar-refractivity contribution in [3.63, 3.8) is 0 Å². The number of hydrogen-bond acceptors (Lipinski definition) is 4. The molecule has 5 heteroatoms. The van der Waals surface area contributed by atoms with Crippen molar-refractivity contribution in [2.45, 2.75) is 36.8 Å². The summed E-state index contributed by atoms with van der Waals surface area (Å²) in [6.07, 6.45) is 0.692. The predicted octanol–water partition coefficient (Wildman–Crippen LogP) is 1.82. The lowest BCUT2D eigenvalue weighted by Crippen LogP contribution is -2.14. The van der Waals surface area contributed by atoms with Gasteiger partial charge >= 0.3 is 0 Å². The molecule has 0 fully saturated rings. The van der Waals surface area contributed by atoms with Crippen LogP contribution in [-0.4, -0.2) is 31.2 Å². The summed E-state index contributed by atoms with van der Waals surface area (Å²) >= 11 is 0. The highest BCUT2D eigenvalue weighted by Gasteiger charge is 2.19. The summed E-state index contributed by atoms with van der Waals surface area (Å²) < 4.78 is 23.7. The first kappa shape index (κ1) is 14.9. The molecular formula is C13H18O4S. The Morgan fingerprint density at radius 2 is 1.78 bits per heavy atom. The highest BCUT2D eigenvalue weighted by atomic mass is 32.2. The second-order valence-electron chi connectivity index (χ2n) is 4.37. The number of sulfone groups is 1. The fraction of sp³-hybridized carbons (Fsp3) is 0.462. The Bertz CT molecular complexity index is 500. The number of Topliss-reactive ketones (excluding diaryl/α,β-unsaturated/α-hetero) is 1. The predicted molar refractivity (Wildman–Crippen MR) is 69.4 cm³/mol. The van der Waals surface area contributed by atoms with Crippen molar-refractivity contribution in [3.05, 3.63) is 29.8 Å². The molecule has 0 heterocycles. The SMILES string of the molecule is CC(C)S(=O)(=O)c1ccc(C(=O)CCCO)cc1. The highest BCUT2D eigenvalue weighted by molar-refractivity contribution is 7.92. The zero-order valence-corrected chi connectivity index (χ0v) is 11.4. The minimum atomic E-state index is -3.29. The fourth-order valence-electron chi connectivity index (χ4n) is 1.49. The van der Waals surface area contributed by atoms with E-state index in [2.05, 4.69) is 0 Å². The van der Waals surface area contributed by atoms with E-state index in [-0.39, 0.29) is 23.7 Å². The molecule has 0 bridgehead atoms. The molecule has 0 saturated carbocycles. The van der Waals surface area contributed by atoms with Gasteiger partial charge < -0.3 is 5.11 Å². The summed E-state index contributed by atoms with van der Waals surface area (Å²) in [4.78, 5) is 11.9. The number of benzene rings is 1. The van der Waals surface area contributed by atoms with Crippen LogP contribution in [-0.2, 0) is 9.84 Å². The van der Waals surface area contributed by atoms with Crippen LogP contribution in [0.25, 0.3) is 0 Å². The Balaban J connectivity index is 2.90. The topological polar surface area (TPSA) is 71.4 Å². The maximum absolute atomic E-state index is 11.9. The molecular weight excluding hydrogens is 252 g/mol. The quantitative estimate of drug-likeness (QED) is 0.800. The van der Waals surface area contributed by atoms with E-state index >= 15 is 0 Å². The molecule has 0 atom stereocenters. The normalized spacial score (nSPS) is 11.8. The van der Waals surface area contributed by atoms with Crippen molar-refractivity contribution in [2.24, 2.45) is 0 Å². The summed E-state index contributed by atoms with van der Waals surface area (Å²) in [6.45, 7) is 3.22. The summed E-state index contributed by atoms with van der Waals surface area (Å²) in [7, 11) is -3.29. The molecule has 0 saturated heterocycles. The molecule has 1 aromatic rings. The number of rotatable bonds is 6. The van der Waals surface area contributed by atoms with Gasteiger partial charge in [0.2, 0.25) is 0 Å². The van der Waals surface area contributed by atoms with Crippen LogP contribution in [0, 0.1) is 0 Å². The van der Waals surface area contributed by atoms with E-state index in [9.17, 15) is 13.2 Å². The van der Waals surface area contributed by atoms with Gasteiger partial charge in [0.1, 0.15) is 0 Å². The van der Waals surface area contributed by atoms with Gasteiger partial charge in [-0.1, -0.05) is 12.1 Å². The fourth-order valence-corrected chi connectivity index (χ4v) is 2.55. The zero-order valence-electron chi connectivity index (χ0n) is 10.6. The van der Waals surface area contributed by atoms with Gasteiger partial charge in [-0.05, 0) is 32.4 Å². The van der Waals surface area contributed by atoms with E-state index in [1.165, 1.54) is 24.3 Å². The third kappa shape index (κ3) is 3.40. The molecule has 1 N–H and O–H groups in total. The molecule has 100 valence electrons. The lowest BCUT2D eigenvalue weighted by molar-refractivity contribution is 0.0971. The first-order chi connectivity index (χ1) is 8.39. The van der Waals surface area contributed by atoms with Crippen molar-refractivity contribution in [3.8, 4) is 0 Å². The Hall–Kier alpha value is -1.20. The van der Waals surface area contributed by atoms with Crippen molar-refractivity contribution in [2.75, 3.05) is 6.61 Å². The van der Waals surface area contributed by atoms with E-state index in [0.717, 1.165) is 0 Å². The van der Waals surface area contributed by atoms with Crippen LogP contribution in [0.15, 0.2) is 29.2 Å². The second kappa shape index (κ2) is 6.11. The summed E-state index contributed by atoms with van der Waals surface area (Å²) in [5, 5.41) is 8.16. The Morgan fingerprint density at radius 3 is 2.22 bits per heavy atom. The number of carbonyl (C=O) groups is 1. The van der Waals surface area contributed by atoms with Crippen LogP contribution in [0.1, 0.15) is 37.0 Å². The summed E-state index contributed by atoms with van der Waals surface area (Å²) in [5.74, 6) is -0.0856. The highest BCUT2D eigenvalue weighted by Crippen LogP contribution is 2.17. The maximum Gasteiger partial charge on any atom is 0.180 e. The number of aliphatic hydroxyl groups is 1. The van der Waals surface area contributed by atoms with Gasteiger partial charge in [0.25, 0.3) is 0 Å². The first-order valence-electron chi connectivity index (χ1n) is 5.87. The molecule has 4 nitrogen and oxygen atoms in total. The number of hydrogen-bond donors (Lipinski definition) is 1. The molecule has 1 rings (SSSR count). The number of aliphatic hydroxyl groups excluding tert-OH is 1. The van der Waals surface area contributed by atoms with Crippen LogP contribution >= 0.6 is 0 Å². The average molecular weight is 270 g/mol. The number of ketones is 1. The van der Waals surface area contributed by atoms with E-state index in [0.29, 0.717) is 12.0 Å². The lowest BCUT2D eigenvalue weighted by Gasteiger charge is -2.08. The third-order valence-corrected chi connectivity index (χ3v) is 4.86. The maximum atomic E-state index is 11.9. The molecule has 0 aliphatic rings. The molecule has 0 aliphatic carbocycles. The molecule has 18 heavy (non-hydrogen) atoms. The molecule has 0 aliphatic heterocycles. The van der Waals surface area contributed by atoms with E-state index < -0.39 is 15.1 Å². The van der Waals surface area contributed by atoms with E-state index in [4.69, 9.17) is 5.11 Å². The summed E-state index contributed by atoms with van der Waals surface area (Å²) in [6, 6.07) is 5.97. The Labute approximate surface area is 108 Å². The average Bonchev–Trinajstić information content (AvgIpc) is 2.35. The van der Waals surface area contributed by atoms with Gasteiger partial charge in [0.15, 0.2) is 15.6 Å². The van der Waals surface area contributed by atoms with Crippen LogP contribution in [0.4, 0.5) is 0 Å². The van der Waals surface area contributed by atoms with Crippen molar-refractivity contribution >= 4 is 15.6 Å². The molecule has 1 aromatic carbocycles. The van der Waals surface area contributed by atoms with Gasteiger partial charge in [0, 0.05) is 18.6 Å². The molecule has 0 unspecified atom stereocenters. The standard InChI is InChI=1S/C13H18O4S/c1-10(2)18(16,17)12-7-5-11(6-8-12)13(15)4-3-9-14/h5-8,10,14H,3-4,9H2,1-2H3. The first-order valence-corrected chi connectivity index (χ1v) is 7.42. The van der Waals surface area contributed by atoms with Crippen LogP contribution in [0.3, 0.4) is 0 Å². The lowest BCUT2D eigenvalue weighted by atomic mass is 10.1. The van der Waals surface area contributed by atoms with Crippen molar-refractivity contribution in [1.82, 2.24) is 0 Å². The van der Waals surface area contributed by atoms with Crippen molar-refractivity contribution in [1.29, 1.82) is 0 Å². The Morgan fingerprint density at radius 1 is 1.22 bits per heavy atom. The van der Waals surface area contributed by atoms with Crippen LogP contribution < -0.4 is 0 Å². The molecule has 0 radical (unpaired) electrons. The summed E-state index contributed by atoms with van der Waals surface area (Å²) in [5.41, 5.74) is 0.478. The van der Waals surface area contributed by atoms with Gasteiger partial charge in [-0.15, -0.1) is 0 Å². The Kier molecular flexibility index (Phi) is 5.04. The van der Waals surface area contributed by atoms with Gasteiger partial charge in [-0.3, -0.25) is 4.79 Å². The number of carbonyl (C=O) groups excluding carboxylic acids is 1. The molecule has 0 spiro atoms. The van der Waals surface area contributed by atoms with E-state index in [1.807, 2.05) is 0 Å². The van der Waals surface area contributed by atoms with Gasteiger partial charge in [-0.2, -0.15) is 0 Å². The minimum Gasteiger partial charge on any atom is -0.396 e. The smallest absolute Gasteiger partial charge is 0.180 e. The molecule has 0 amide bonds. The second-order valence-corrected chi connectivity index (χ2v) is 6.87.